The molecule has 1 aliphatic rings. The standard InChI is InChI=1S/C21H22N6O/c1-14-9-16(12-26-11-15(2)23-21(14)26)18-10-20(28)27-13-17(3-4-19(27)24-18)25-7-5-22-6-8-25/h3-4,9-13,22H,5-8H2,1-2H3. The van der Waals surface area contributed by atoms with Crippen molar-refractivity contribution in [1.82, 2.24) is 24.1 Å². The molecule has 4 aromatic rings. The molecule has 0 spiro atoms. The first-order valence-corrected chi connectivity index (χ1v) is 9.54. The molecule has 0 amide bonds. The number of aromatic nitrogens is 4. The number of imidazole rings is 1. The molecule has 0 bridgehead atoms. The van der Waals surface area contributed by atoms with E-state index in [1.807, 2.05) is 55.0 Å². The van der Waals surface area contributed by atoms with Crippen molar-refractivity contribution in [3.63, 3.8) is 0 Å². The van der Waals surface area contributed by atoms with Crippen LogP contribution in [0.2, 0.25) is 0 Å². The Morgan fingerprint density at radius 2 is 1.82 bits per heavy atom. The number of fused-ring (bicyclic) bond motifs is 2. The molecular weight excluding hydrogens is 352 g/mol. The summed E-state index contributed by atoms with van der Waals surface area (Å²) in [6.07, 6.45) is 5.86. The van der Waals surface area contributed by atoms with Crippen LogP contribution in [-0.4, -0.2) is 44.9 Å². The molecular formula is C21H22N6O. The largest absolute Gasteiger partial charge is 0.368 e. The summed E-state index contributed by atoms with van der Waals surface area (Å²) >= 11 is 0. The van der Waals surface area contributed by atoms with Crippen LogP contribution >= 0.6 is 0 Å². The quantitative estimate of drug-likeness (QED) is 0.582. The summed E-state index contributed by atoms with van der Waals surface area (Å²) in [5.41, 5.74) is 6.17. The zero-order valence-corrected chi connectivity index (χ0v) is 16.0. The van der Waals surface area contributed by atoms with Gasteiger partial charge >= 0.3 is 0 Å². The molecule has 0 radical (unpaired) electrons. The average Bonchev–Trinajstić information content (AvgIpc) is 3.09. The Bertz CT molecular complexity index is 1250. The summed E-state index contributed by atoms with van der Waals surface area (Å²) in [7, 11) is 0. The first-order chi connectivity index (χ1) is 13.6. The smallest absolute Gasteiger partial charge is 0.258 e. The summed E-state index contributed by atoms with van der Waals surface area (Å²) in [6, 6.07) is 7.62. The van der Waals surface area contributed by atoms with Gasteiger partial charge in [-0.3, -0.25) is 9.20 Å². The van der Waals surface area contributed by atoms with Crippen molar-refractivity contribution in [2.75, 3.05) is 31.1 Å². The van der Waals surface area contributed by atoms with Crippen molar-refractivity contribution in [3.05, 3.63) is 64.5 Å². The number of aryl methyl sites for hydroxylation is 2. The van der Waals surface area contributed by atoms with Gasteiger partial charge in [-0.2, -0.15) is 0 Å². The normalized spacial score (nSPS) is 14.9. The van der Waals surface area contributed by atoms with Gasteiger partial charge in [0.15, 0.2) is 0 Å². The van der Waals surface area contributed by atoms with E-state index in [-0.39, 0.29) is 5.56 Å². The van der Waals surface area contributed by atoms with E-state index in [9.17, 15) is 4.79 Å². The maximum Gasteiger partial charge on any atom is 0.258 e. The second kappa shape index (κ2) is 6.45. The summed E-state index contributed by atoms with van der Waals surface area (Å²) in [5.74, 6) is 0. The molecule has 5 heterocycles. The van der Waals surface area contributed by atoms with Gasteiger partial charge in [-0.25, -0.2) is 9.97 Å². The van der Waals surface area contributed by atoms with Crippen LogP contribution in [0.25, 0.3) is 22.6 Å². The van der Waals surface area contributed by atoms with E-state index in [0.29, 0.717) is 11.3 Å². The molecule has 0 aliphatic carbocycles. The van der Waals surface area contributed by atoms with E-state index in [1.165, 1.54) is 0 Å². The van der Waals surface area contributed by atoms with Gasteiger partial charge in [0.05, 0.1) is 17.1 Å². The third kappa shape index (κ3) is 2.84. The fourth-order valence-corrected chi connectivity index (χ4v) is 3.88. The van der Waals surface area contributed by atoms with Crippen molar-refractivity contribution in [1.29, 1.82) is 0 Å². The highest BCUT2D eigenvalue weighted by molar-refractivity contribution is 5.66. The number of rotatable bonds is 2. The molecule has 0 atom stereocenters. The van der Waals surface area contributed by atoms with E-state index in [2.05, 4.69) is 15.2 Å². The highest BCUT2D eigenvalue weighted by atomic mass is 16.1. The molecule has 142 valence electrons. The van der Waals surface area contributed by atoms with Crippen LogP contribution in [0.5, 0.6) is 0 Å². The van der Waals surface area contributed by atoms with Gasteiger partial charge in [0.1, 0.15) is 11.3 Å². The van der Waals surface area contributed by atoms with Crippen molar-refractivity contribution in [2.24, 2.45) is 0 Å². The number of nitrogens with one attached hydrogen (secondary N) is 1. The second-order valence-corrected chi connectivity index (χ2v) is 7.36. The van der Waals surface area contributed by atoms with Crippen molar-refractivity contribution in [3.8, 4) is 11.3 Å². The summed E-state index contributed by atoms with van der Waals surface area (Å²) in [4.78, 5) is 24.4. The minimum Gasteiger partial charge on any atom is -0.368 e. The van der Waals surface area contributed by atoms with Crippen LogP contribution in [0.4, 0.5) is 5.69 Å². The third-order valence-corrected chi connectivity index (χ3v) is 5.28. The first kappa shape index (κ1) is 16.9. The topological polar surface area (TPSA) is 66.9 Å². The predicted octanol–water partition coefficient (Wildman–Crippen LogP) is 2.04. The Hall–Kier alpha value is -3.19. The number of anilines is 1. The molecule has 7 heteroatoms. The Labute approximate surface area is 162 Å². The Kier molecular flexibility index (Phi) is 3.91. The molecule has 1 aliphatic heterocycles. The molecule has 0 saturated carbocycles. The van der Waals surface area contributed by atoms with Gasteiger partial charge in [-0.1, -0.05) is 0 Å². The highest BCUT2D eigenvalue weighted by Crippen LogP contribution is 2.22. The molecule has 1 fully saturated rings. The lowest BCUT2D eigenvalue weighted by atomic mass is 10.1. The SMILES string of the molecule is Cc1cn2cc(-c3cc(=O)n4cc(N5CCNCC5)ccc4n3)cc(C)c2n1. The number of piperazine rings is 1. The highest BCUT2D eigenvalue weighted by Gasteiger charge is 2.13. The number of hydrogen-bond acceptors (Lipinski definition) is 5. The van der Waals surface area contributed by atoms with E-state index in [1.54, 1.807) is 10.5 Å². The monoisotopic (exact) mass is 374 g/mol. The van der Waals surface area contributed by atoms with E-state index >= 15 is 0 Å². The van der Waals surface area contributed by atoms with Crippen LogP contribution in [0.15, 0.2) is 47.7 Å². The zero-order chi connectivity index (χ0) is 19.3. The summed E-state index contributed by atoms with van der Waals surface area (Å²) in [6.45, 7) is 7.80. The molecule has 1 saturated heterocycles. The van der Waals surface area contributed by atoms with E-state index in [4.69, 9.17) is 4.98 Å². The molecule has 7 nitrogen and oxygen atoms in total. The maximum atomic E-state index is 12.8. The van der Waals surface area contributed by atoms with Gasteiger partial charge in [0, 0.05) is 56.4 Å². The summed E-state index contributed by atoms with van der Waals surface area (Å²) < 4.78 is 3.63. The summed E-state index contributed by atoms with van der Waals surface area (Å²) in [5, 5.41) is 3.35. The lowest BCUT2D eigenvalue weighted by molar-refractivity contribution is 0.588. The molecule has 0 aromatic carbocycles. The fourth-order valence-electron chi connectivity index (χ4n) is 3.88. The predicted molar refractivity (Wildman–Crippen MR) is 110 cm³/mol. The Morgan fingerprint density at radius 1 is 1.00 bits per heavy atom. The zero-order valence-electron chi connectivity index (χ0n) is 16.0. The van der Waals surface area contributed by atoms with E-state index < -0.39 is 0 Å². The van der Waals surface area contributed by atoms with Gasteiger partial charge in [-0.15, -0.1) is 0 Å². The third-order valence-electron chi connectivity index (χ3n) is 5.28. The molecule has 0 unspecified atom stereocenters. The first-order valence-electron chi connectivity index (χ1n) is 9.54. The van der Waals surface area contributed by atoms with Crippen LogP contribution < -0.4 is 15.8 Å². The maximum absolute atomic E-state index is 12.8. The molecule has 5 rings (SSSR count). The average molecular weight is 374 g/mol. The van der Waals surface area contributed by atoms with Crippen molar-refractivity contribution < 1.29 is 0 Å². The minimum absolute atomic E-state index is 0.0726. The second-order valence-electron chi connectivity index (χ2n) is 7.36. The van der Waals surface area contributed by atoms with Crippen LogP contribution in [-0.2, 0) is 0 Å². The fraction of sp³-hybridized carbons (Fsp3) is 0.286. The number of hydrogen-bond donors (Lipinski definition) is 1. The number of pyridine rings is 2. The van der Waals surface area contributed by atoms with Crippen LogP contribution in [0.1, 0.15) is 11.3 Å². The Morgan fingerprint density at radius 3 is 2.64 bits per heavy atom. The van der Waals surface area contributed by atoms with Gasteiger partial charge in [-0.05, 0) is 37.6 Å². The van der Waals surface area contributed by atoms with Gasteiger partial charge < -0.3 is 14.6 Å². The van der Waals surface area contributed by atoms with Crippen LogP contribution in [0.3, 0.4) is 0 Å². The van der Waals surface area contributed by atoms with Crippen LogP contribution in [0, 0.1) is 13.8 Å². The van der Waals surface area contributed by atoms with Crippen molar-refractivity contribution in [2.45, 2.75) is 13.8 Å². The van der Waals surface area contributed by atoms with Gasteiger partial charge in [0.25, 0.3) is 5.56 Å². The molecule has 28 heavy (non-hydrogen) atoms. The lowest BCUT2D eigenvalue weighted by Gasteiger charge is -2.29. The molecule has 1 N–H and O–H groups in total. The number of nitrogens with zero attached hydrogens (tertiary/aromatic N) is 5. The van der Waals surface area contributed by atoms with Crippen molar-refractivity contribution >= 4 is 17.0 Å². The van der Waals surface area contributed by atoms with E-state index in [0.717, 1.165) is 54.3 Å². The lowest BCUT2D eigenvalue weighted by Crippen LogP contribution is -2.43. The minimum atomic E-state index is -0.0726. The van der Waals surface area contributed by atoms with Gasteiger partial charge in [0.2, 0.25) is 0 Å². The Balaban J connectivity index is 1.60. The molecule has 4 aromatic heterocycles.